The van der Waals surface area contributed by atoms with E-state index in [0.29, 0.717) is 19.6 Å². The maximum absolute atomic E-state index is 11.3. The molecular formula is C12H20N4O2S. The summed E-state index contributed by atoms with van der Waals surface area (Å²) < 4.78 is 24.0. The van der Waals surface area contributed by atoms with Gasteiger partial charge in [-0.3, -0.25) is 9.88 Å². The Kier molecular flexibility index (Phi) is 4.51. The first-order chi connectivity index (χ1) is 8.95. The van der Waals surface area contributed by atoms with Gasteiger partial charge >= 0.3 is 0 Å². The first kappa shape index (κ1) is 14.4. The number of nitrogens with zero attached hydrogens (tertiary/aromatic N) is 3. The molecule has 106 valence electrons. The second-order valence-corrected chi connectivity index (χ2v) is 6.43. The van der Waals surface area contributed by atoms with Gasteiger partial charge in [-0.05, 0) is 31.5 Å². The van der Waals surface area contributed by atoms with Crippen molar-refractivity contribution < 1.29 is 8.42 Å². The minimum atomic E-state index is -3.56. The number of hydrogen-bond acceptors (Lipinski definition) is 4. The maximum Gasteiger partial charge on any atom is 0.276 e. The van der Waals surface area contributed by atoms with Gasteiger partial charge in [0.05, 0.1) is 0 Å². The van der Waals surface area contributed by atoms with Crippen LogP contribution in [0.3, 0.4) is 0 Å². The van der Waals surface area contributed by atoms with E-state index >= 15 is 0 Å². The molecule has 19 heavy (non-hydrogen) atoms. The topological polar surface area (TPSA) is 79.5 Å². The van der Waals surface area contributed by atoms with Crippen LogP contribution in [0, 0.1) is 6.92 Å². The summed E-state index contributed by atoms with van der Waals surface area (Å²) in [5.74, 6) is 0. The van der Waals surface area contributed by atoms with Crippen molar-refractivity contribution in [3.8, 4) is 0 Å². The van der Waals surface area contributed by atoms with Crippen LogP contribution in [-0.2, 0) is 16.8 Å². The Hall–Kier alpha value is -1.02. The lowest BCUT2D eigenvalue weighted by molar-refractivity contribution is 0.278. The third-order valence-electron chi connectivity index (χ3n) is 3.29. The van der Waals surface area contributed by atoms with Crippen LogP contribution in [0.5, 0.6) is 0 Å². The Bertz CT molecular complexity index is 515. The molecule has 1 aromatic heterocycles. The van der Waals surface area contributed by atoms with Crippen LogP contribution in [-0.4, -0.2) is 48.8 Å². The molecule has 1 saturated heterocycles. The fourth-order valence-electron chi connectivity index (χ4n) is 2.21. The van der Waals surface area contributed by atoms with Crippen LogP contribution in [0.2, 0.25) is 0 Å². The van der Waals surface area contributed by atoms with Crippen molar-refractivity contribution >= 4 is 10.2 Å². The van der Waals surface area contributed by atoms with Crippen LogP contribution >= 0.6 is 0 Å². The Morgan fingerprint density at radius 2 is 2.05 bits per heavy atom. The summed E-state index contributed by atoms with van der Waals surface area (Å²) in [6.07, 6.45) is 2.67. The minimum Gasteiger partial charge on any atom is -0.298 e. The Labute approximate surface area is 114 Å². The van der Waals surface area contributed by atoms with E-state index in [1.54, 1.807) is 0 Å². The molecule has 0 bridgehead atoms. The smallest absolute Gasteiger partial charge is 0.276 e. The minimum absolute atomic E-state index is 0.456. The van der Waals surface area contributed by atoms with E-state index in [2.05, 4.69) is 16.0 Å². The molecule has 2 N–H and O–H groups in total. The van der Waals surface area contributed by atoms with Gasteiger partial charge in [0, 0.05) is 38.1 Å². The fraction of sp³-hybridized carbons (Fsp3) is 0.583. The standard InChI is InChI=1S/C12H20N4O2S/c1-11-3-4-12(9-14-11)10-15-5-2-6-16(8-7-15)19(13,17)18/h3-4,9H,2,5-8,10H2,1H3,(H2,13,17,18). The normalized spacial score (nSPS) is 19.3. The number of aryl methyl sites for hydroxylation is 1. The first-order valence-electron chi connectivity index (χ1n) is 6.37. The molecule has 0 amide bonds. The van der Waals surface area contributed by atoms with Crippen LogP contribution in [0.4, 0.5) is 0 Å². The zero-order chi connectivity index (χ0) is 13.9. The van der Waals surface area contributed by atoms with Gasteiger partial charge in [-0.1, -0.05) is 6.07 Å². The van der Waals surface area contributed by atoms with Crippen molar-refractivity contribution in [2.24, 2.45) is 5.14 Å². The van der Waals surface area contributed by atoms with E-state index in [-0.39, 0.29) is 0 Å². The quantitative estimate of drug-likeness (QED) is 0.854. The molecule has 6 nitrogen and oxygen atoms in total. The molecule has 0 unspecified atom stereocenters. The van der Waals surface area contributed by atoms with Crippen molar-refractivity contribution in [1.82, 2.24) is 14.2 Å². The molecule has 0 aliphatic carbocycles. The number of hydrogen-bond donors (Lipinski definition) is 1. The highest BCUT2D eigenvalue weighted by Crippen LogP contribution is 2.10. The lowest BCUT2D eigenvalue weighted by Crippen LogP contribution is -2.39. The van der Waals surface area contributed by atoms with E-state index in [1.807, 2.05) is 19.2 Å². The van der Waals surface area contributed by atoms with E-state index in [4.69, 9.17) is 5.14 Å². The molecule has 0 aromatic carbocycles. The molecule has 0 atom stereocenters. The van der Waals surface area contributed by atoms with E-state index in [9.17, 15) is 8.42 Å². The van der Waals surface area contributed by atoms with Crippen LogP contribution in [0.1, 0.15) is 17.7 Å². The van der Waals surface area contributed by atoms with Crippen LogP contribution in [0.25, 0.3) is 0 Å². The van der Waals surface area contributed by atoms with E-state index in [0.717, 1.165) is 30.8 Å². The van der Waals surface area contributed by atoms with E-state index in [1.165, 1.54) is 4.31 Å². The molecule has 1 aliphatic rings. The van der Waals surface area contributed by atoms with Crippen molar-refractivity contribution in [3.05, 3.63) is 29.6 Å². The predicted octanol–water partition coefficient (Wildman–Crippen LogP) is 0.101. The van der Waals surface area contributed by atoms with Gasteiger partial charge in [0.2, 0.25) is 0 Å². The highest BCUT2D eigenvalue weighted by molar-refractivity contribution is 7.86. The Morgan fingerprint density at radius 1 is 1.26 bits per heavy atom. The average Bonchev–Trinajstić information content (AvgIpc) is 2.57. The fourth-order valence-corrected chi connectivity index (χ4v) is 2.93. The summed E-state index contributed by atoms with van der Waals surface area (Å²) in [4.78, 5) is 6.50. The van der Waals surface area contributed by atoms with Gasteiger partial charge in [-0.15, -0.1) is 0 Å². The first-order valence-corrected chi connectivity index (χ1v) is 7.87. The van der Waals surface area contributed by atoms with Crippen molar-refractivity contribution in [3.63, 3.8) is 0 Å². The summed E-state index contributed by atoms with van der Waals surface area (Å²) in [6, 6.07) is 4.05. The monoisotopic (exact) mass is 284 g/mol. The van der Waals surface area contributed by atoms with E-state index < -0.39 is 10.2 Å². The second-order valence-electron chi connectivity index (χ2n) is 4.88. The van der Waals surface area contributed by atoms with Crippen LogP contribution < -0.4 is 5.14 Å². The molecular weight excluding hydrogens is 264 g/mol. The highest BCUT2D eigenvalue weighted by atomic mass is 32.2. The molecule has 2 heterocycles. The van der Waals surface area contributed by atoms with Gasteiger partial charge in [0.25, 0.3) is 10.2 Å². The third kappa shape index (κ3) is 4.24. The highest BCUT2D eigenvalue weighted by Gasteiger charge is 2.21. The van der Waals surface area contributed by atoms with Crippen molar-refractivity contribution in [2.75, 3.05) is 26.2 Å². The molecule has 0 radical (unpaired) electrons. The van der Waals surface area contributed by atoms with Gasteiger partial charge < -0.3 is 0 Å². The number of pyridine rings is 1. The molecule has 1 aromatic rings. The van der Waals surface area contributed by atoms with Gasteiger partial charge in [-0.25, -0.2) is 5.14 Å². The third-order valence-corrected chi connectivity index (χ3v) is 4.37. The molecule has 0 spiro atoms. The number of rotatable bonds is 3. The van der Waals surface area contributed by atoms with Gasteiger partial charge in [0.1, 0.15) is 0 Å². The predicted molar refractivity (Wildman–Crippen MR) is 73.5 cm³/mol. The Balaban J connectivity index is 1.94. The number of nitrogens with two attached hydrogens (primary N) is 1. The summed E-state index contributed by atoms with van der Waals surface area (Å²) in [6.45, 7) is 5.29. The maximum atomic E-state index is 11.3. The average molecular weight is 284 g/mol. The second kappa shape index (κ2) is 5.96. The largest absolute Gasteiger partial charge is 0.298 e. The van der Waals surface area contributed by atoms with Crippen molar-refractivity contribution in [1.29, 1.82) is 0 Å². The Morgan fingerprint density at radius 3 is 2.68 bits per heavy atom. The molecule has 1 aliphatic heterocycles. The SMILES string of the molecule is Cc1ccc(CN2CCCN(S(N)(=O)=O)CC2)cn1. The number of aromatic nitrogens is 1. The molecule has 0 saturated carbocycles. The zero-order valence-electron chi connectivity index (χ0n) is 11.1. The lowest BCUT2D eigenvalue weighted by atomic mass is 10.2. The lowest BCUT2D eigenvalue weighted by Gasteiger charge is -2.20. The van der Waals surface area contributed by atoms with Crippen molar-refractivity contribution in [2.45, 2.75) is 19.9 Å². The summed E-state index contributed by atoms with van der Waals surface area (Å²) in [5.41, 5.74) is 2.15. The summed E-state index contributed by atoms with van der Waals surface area (Å²) >= 11 is 0. The van der Waals surface area contributed by atoms with Gasteiger partial charge in [0.15, 0.2) is 0 Å². The molecule has 2 rings (SSSR count). The summed E-state index contributed by atoms with van der Waals surface area (Å²) in [7, 11) is -3.56. The molecule has 1 fully saturated rings. The zero-order valence-corrected chi connectivity index (χ0v) is 11.9. The summed E-state index contributed by atoms with van der Waals surface area (Å²) in [5, 5.41) is 5.16. The van der Waals surface area contributed by atoms with Crippen LogP contribution in [0.15, 0.2) is 18.3 Å². The van der Waals surface area contributed by atoms with Gasteiger partial charge in [-0.2, -0.15) is 12.7 Å². The molecule has 7 heteroatoms.